The van der Waals surface area contributed by atoms with E-state index in [1.165, 1.54) is 13.3 Å². The van der Waals surface area contributed by atoms with Crippen molar-refractivity contribution in [3.8, 4) is 0 Å². The summed E-state index contributed by atoms with van der Waals surface area (Å²) in [5.74, 6) is 0.240. The van der Waals surface area contributed by atoms with E-state index >= 15 is 0 Å². The van der Waals surface area contributed by atoms with E-state index in [0.29, 0.717) is 18.5 Å². The van der Waals surface area contributed by atoms with Crippen LogP contribution in [0.15, 0.2) is 12.4 Å². The number of carbonyl (C=O) groups excluding carboxylic acids is 1. The van der Waals surface area contributed by atoms with E-state index in [4.69, 9.17) is 4.74 Å². The zero-order chi connectivity index (χ0) is 13.0. The normalized spacial score (nSPS) is 14.3. The van der Waals surface area contributed by atoms with Crippen LogP contribution in [-0.2, 0) is 9.47 Å². The highest BCUT2D eigenvalue weighted by molar-refractivity contribution is 5.87. The number of carbonyl (C=O) groups is 1. The molecule has 1 fully saturated rings. The fourth-order valence-corrected chi connectivity index (χ4v) is 1.76. The second-order valence-electron chi connectivity index (χ2n) is 4.17. The third-order valence-electron chi connectivity index (χ3n) is 2.83. The van der Waals surface area contributed by atoms with Gasteiger partial charge in [0.2, 0.25) is 0 Å². The Kier molecular flexibility index (Phi) is 4.09. The summed E-state index contributed by atoms with van der Waals surface area (Å²) in [4.78, 5) is 21.9. The number of aromatic nitrogens is 2. The van der Waals surface area contributed by atoms with Gasteiger partial charge < -0.3 is 14.4 Å². The lowest BCUT2D eigenvalue weighted by atomic mass is 10.4. The summed E-state index contributed by atoms with van der Waals surface area (Å²) in [6.07, 6.45) is 5.37. The number of esters is 1. The monoisotopic (exact) mass is 251 g/mol. The van der Waals surface area contributed by atoms with Crippen LogP contribution >= 0.6 is 0 Å². The Hall–Kier alpha value is -1.69. The first-order chi connectivity index (χ1) is 8.76. The highest BCUT2D eigenvalue weighted by atomic mass is 16.5. The van der Waals surface area contributed by atoms with E-state index in [9.17, 15) is 4.79 Å². The van der Waals surface area contributed by atoms with Crippen molar-refractivity contribution in [3.05, 3.63) is 18.1 Å². The maximum absolute atomic E-state index is 11.4. The maximum Gasteiger partial charge on any atom is 0.358 e. The number of anilines is 1. The lowest BCUT2D eigenvalue weighted by Gasteiger charge is -2.22. The molecule has 6 nitrogen and oxygen atoms in total. The summed E-state index contributed by atoms with van der Waals surface area (Å²) in [6.45, 7) is 1.38. The Morgan fingerprint density at radius 2 is 2.22 bits per heavy atom. The Morgan fingerprint density at radius 3 is 2.83 bits per heavy atom. The van der Waals surface area contributed by atoms with E-state index in [2.05, 4.69) is 19.6 Å². The van der Waals surface area contributed by atoms with Crippen molar-refractivity contribution in [1.82, 2.24) is 9.97 Å². The van der Waals surface area contributed by atoms with Gasteiger partial charge in [0.25, 0.3) is 0 Å². The average Bonchev–Trinajstić information content (AvgIpc) is 3.23. The van der Waals surface area contributed by atoms with Gasteiger partial charge in [-0.15, -0.1) is 0 Å². The molecule has 18 heavy (non-hydrogen) atoms. The number of nitrogens with zero attached hydrogens (tertiary/aromatic N) is 3. The summed E-state index contributed by atoms with van der Waals surface area (Å²) in [5, 5.41) is 0. The molecule has 1 aliphatic carbocycles. The fraction of sp³-hybridized carbons (Fsp3) is 0.583. The van der Waals surface area contributed by atoms with Gasteiger partial charge in [-0.3, -0.25) is 4.98 Å². The van der Waals surface area contributed by atoms with Crippen LogP contribution in [0.4, 0.5) is 5.82 Å². The zero-order valence-electron chi connectivity index (χ0n) is 10.6. The number of hydrogen-bond acceptors (Lipinski definition) is 6. The highest BCUT2D eigenvalue weighted by Gasteiger charge is 2.30. The van der Waals surface area contributed by atoms with Gasteiger partial charge in [0.1, 0.15) is 5.82 Å². The van der Waals surface area contributed by atoms with Crippen LogP contribution in [0.1, 0.15) is 23.3 Å². The molecule has 0 aliphatic heterocycles. The van der Waals surface area contributed by atoms with Crippen molar-refractivity contribution in [1.29, 1.82) is 0 Å². The van der Waals surface area contributed by atoms with Gasteiger partial charge >= 0.3 is 5.97 Å². The molecule has 0 spiro atoms. The highest BCUT2D eigenvalue weighted by Crippen LogP contribution is 2.30. The zero-order valence-corrected chi connectivity index (χ0v) is 10.6. The molecule has 0 aromatic carbocycles. The third kappa shape index (κ3) is 2.95. The van der Waals surface area contributed by atoms with E-state index in [1.54, 1.807) is 13.3 Å². The van der Waals surface area contributed by atoms with Crippen LogP contribution in [0.3, 0.4) is 0 Å². The molecule has 6 heteroatoms. The van der Waals surface area contributed by atoms with Crippen LogP contribution in [0, 0.1) is 0 Å². The SMILES string of the molecule is COCCN(c1cncc(C(=O)OC)n1)C1CC1. The minimum absolute atomic E-state index is 0.234. The van der Waals surface area contributed by atoms with Gasteiger partial charge in [0, 0.05) is 19.7 Å². The van der Waals surface area contributed by atoms with Crippen LogP contribution in [-0.4, -0.2) is 49.4 Å². The van der Waals surface area contributed by atoms with Gasteiger partial charge in [0.15, 0.2) is 5.69 Å². The Morgan fingerprint density at radius 1 is 1.44 bits per heavy atom. The van der Waals surface area contributed by atoms with Crippen molar-refractivity contribution < 1.29 is 14.3 Å². The standard InChI is InChI=1S/C12H17N3O3/c1-17-6-5-15(9-3-4-9)11-8-13-7-10(14-11)12(16)18-2/h7-9H,3-6H2,1-2H3. The molecule has 2 rings (SSSR count). The van der Waals surface area contributed by atoms with Gasteiger partial charge in [-0.25, -0.2) is 9.78 Å². The molecule has 0 atom stereocenters. The second kappa shape index (κ2) is 5.77. The molecule has 1 aliphatic rings. The van der Waals surface area contributed by atoms with E-state index < -0.39 is 5.97 Å². The molecule has 0 N–H and O–H groups in total. The number of rotatable bonds is 6. The van der Waals surface area contributed by atoms with Crippen molar-refractivity contribution >= 4 is 11.8 Å². The molecule has 0 saturated heterocycles. The fourth-order valence-electron chi connectivity index (χ4n) is 1.76. The molecule has 1 saturated carbocycles. The molecule has 1 heterocycles. The third-order valence-corrected chi connectivity index (χ3v) is 2.83. The Balaban J connectivity index is 2.16. The van der Waals surface area contributed by atoms with Gasteiger partial charge in [0.05, 0.1) is 26.1 Å². The molecular weight excluding hydrogens is 234 g/mol. The topological polar surface area (TPSA) is 64.5 Å². The molecule has 0 amide bonds. The van der Waals surface area contributed by atoms with Crippen molar-refractivity contribution in [2.75, 3.05) is 32.3 Å². The molecule has 0 unspecified atom stereocenters. The minimum Gasteiger partial charge on any atom is -0.464 e. The first-order valence-electron chi connectivity index (χ1n) is 5.92. The second-order valence-corrected chi connectivity index (χ2v) is 4.17. The van der Waals surface area contributed by atoms with Crippen LogP contribution in [0.2, 0.25) is 0 Å². The maximum atomic E-state index is 11.4. The first-order valence-corrected chi connectivity index (χ1v) is 5.92. The number of methoxy groups -OCH3 is 2. The summed E-state index contributed by atoms with van der Waals surface area (Å²) in [7, 11) is 3.00. The number of ether oxygens (including phenoxy) is 2. The molecule has 1 aromatic heterocycles. The van der Waals surface area contributed by atoms with Crippen LogP contribution in [0.5, 0.6) is 0 Å². The Labute approximate surface area is 106 Å². The summed E-state index contributed by atoms with van der Waals surface area (Å²) < 4.78 is 9.73. The van der Waals surface area contributed by atoms with Gasteiger partial charge in [-0.2, -0.15) is 0 Å². The lowest BCUT2D eigenvalue weighted by molar-refractivity contribution is 0.0593. The van der Waals surface area contributed by atoms with E-state index in [1.807, 2.05) is 0 Å². The summed E-state index contributed by atoms with van der Waals surface area (Å²) in [6, 6.07) is 0.488. The lowest BCUT2D eigenvalue weighted by Crippen LogP contribution is -2.30. The van der Waals surface area contributed by atoms with E-state index in [0.717, 1.165) is 19.4 Å². The average molecular weight is 251 g/mol. The Bertz CT molecular complexity index is 421. The summed E-state index contributed by atoms with van der Waals surface area (Å²) in [5.41, 5.74) is 0.234. The quantitative estimate of drug-likeness (QED) is 0.699. The van der Waals surface area contributed by atoms with Crippen LogP contribution < -0.4 is 4.90 Å². The molecule has 1 aromatic rings. The van der Waals surface area contributed by atoms with Gasteiger partial charge in [-0.05, 0) is 12.8 Å². The van der Waals surface area contributed by atoms with Crippen molar-refractivity contribution in [2.45, 2.75) is 18.9 Å². The van der Waals surface area contributed by atoms with Crippen LogP contribution in [0.25, 0.3) is 0 Å². The van der Waals surface area contributed by atoms with E-state index in [-0.39, 0.29) is 5.69 Å². The van der Waals surface area contributed by atoms with Gasteiger partial charge in [-0.1, -0.05) is 0 Å². The first kappa shape index (κ1) is 12.8. The predicted molar refractivity (Wildman–Crippen MR) is 65.6 cm³/mol. The molecule has 0 bridgehead atoms. The van der Waals surface area contributed by atoms with Crippen molar-refractivity contribution in [2.24, 2.45) is 0 Å². The molecule has 98 valence electrons. The smallest absolute Gasteiger partial charge is 0.358 e. The molecular formula is C12H17N3O3. The summed E-state index contributed by atoms with van der Waals surface area (Å²) >= 11 is 0. The minimum atomic E-state index is -0.466. The number of hydrogen-bond donors (Lipinski definition) is 0. The largest absolute Gasteiger partial charge is 0.464 e. The van der Waals surface area contributed by atoms with Crippen molar-refractivity contribution in [3.63, 3.8) is 0 Å². The predicted octanol–water partition coefficient (Wildman–Crippen LogP) is 0.878. The molecule has 0 radical (unpaired) electrons.